The van der Waals surface area contributed by atoms with Gasteiger partial charge in [-0.15, -0.1) is 0 Å². The molecule has 1 N–H and O–H groups in total. The van der Waals surface area contributed by atoms with Crippen molar-refractivity contribution >= 4 is 5.69 Å². The first-order chi connectivity index (χ1) is 10.1. The molecule has 1 unspecified atom stereocenters. The van der Waals surface area contributed by atoms with Crippen molar-refractivity contribution in [2.75, 3.05) is 45.1 Å². The summed E-state index contributed by atoms with van der Waals surface area (Å²) in [7, 11) is 2.15. The van der Waals surface area contributed by atoms with Crippen LogP contribution < -0.4 is 5.32 Å². The number of rotatable bonds is 5. The average Bonchev–Trinajstić information content (AvgIpc) is 2.48. The smallest absolute Gasteiger partial charge is 0.124 e. The van der Waals surface area contributed by atoms with Gasteiger partial charge in [-0.25, -0.2) is 4.39 Å². The van der Waals surface area contributed by atoms with Crippen LogP contribution in [-0.4, -0.2) is 55.6 Å². The van der Waals surface area contributed by atoms with Gasteiger partial charge >= 0.3 is 0 Å². The van der Waals surface area contributed by atoms with Crippen molar-refractivity contribution in [1.29, 1.82) is 5.26 Å². The van der Waals surface area contributed by atoms with Gasteiger partial charge in [0.2, 0.25) is 0 Å². The van der Waals surface area contributed by atoms with Crippen LogP contribution in [0.5, 0.6) is 0 Å². The number of hydrogen-bond acceptors (Lipinski definition) is 4. The van der Waals surface area contributed by atoms with E-state index in [2.05, 4.69) is 29.1 Å². The monoisotopic (exact) mass is 290 g/mol. The summed E-state index contributed by atoms with van der Waals surface area (Å²) in [6, 6.07) is 6.58. The number of benzene rings is 1. The van der Waals surface area contributed by atoms with Crippen LogP contribution in [0.1, 0.15) is 18.9 Å². The Morgan fingerprint density at radius 1 is 1.33 bits per heavy atom. The Morgan fingerprint density at radius 2 is 2.05 bits per heavy atom. The lowest BCUT2D eigenvalue weighted by atomic mass is 10.1. The molecule has 0 saturated carbocycles. The first-order valence-electron chi connectivity index (χ1n) is 7.45. The molecule has 0 aliphatic carbocycles. The second-order valence-electron chi connectivity index (χ2n) is 5.78. The van der Waals surface area contributed by atoms with Gasteiger partial charge in [0.1, 0.15) is 11.9 Å². The standard InChI is InChI=1S/C16H23FN4/c1-13(5-6-21-9-7-20(2)8-10-21)19-16-4-3-15(17)11-14(16)12-18/h3-4,11,13,19H,5-10H2,1-2H3. The highest BCUT2D eigenvalue weighted by Gasteiger charge is 2.14. The van der Waals surface area contributed by atoms with Crippen LogP contribution in [0.15, 0.2) is 18.2 Å². The van der Waals surface area contributed by atoms with Crippen LogP contribution in [0.2, 0.25) is 0 Å². The van der Waals surface area contributed by atoms with Crippen LogP contribution in [0.3, 0.4) is 0 Å². The van der Waals surface area contributed by atoms with Gasteiger partial charge in [-0.1, -0.05) is 0 Å². The fourth-order valence-corrected chi connectivity index (χ4v) is 2.52. The van der Waals surface area contributed by atoms with Gasteiger partial charge in [0.05, 0.1) is 11.3 Å². The third-order valence-electron chi connectivity index (χ3n) is 3.98. The van der Waals surface area contributed by atoms with Crippen molar-refractivity contribution in [3.63, 3.8) is 0 Å². The van der Waals surface area contributed by atoms with Gasteiger partial charge in [0.15, 0.2) is 0 Å². The first-order valence-corrected chi connectivity index (χ1v) is 7.45. The minimum absolute atomic E-state index is 0.252. The highest BCUT2D eigenvalue weighted by atomic mass is 19.1. The molecule has 0 radical (unpaired) electrons. The highest BCUT2D eigenvalue weighted by molar-refractivity contribution is 5.57. The molecule has 5 heteroatoms. The van der Waals surface area contributed by atoms with Crippen molar-refractivity contribution in [2.24, 2.45) is 0 Å². The third kappa shape index (κ3) is 4.69. The average molecular weight is 290 g/mol. The van der Waals surface area contributed by atoms with Crippen LogP contribution >= 0.6 is 0 Å². The number of nitrogens with zero attached hydrogens (tertiary/aromatic N) is 3. The first kappa shape index (κ1) is 15.7. The molecule has 1 aromatic rings. The largest absolute Gasteiger partial charge is 0.381 e. The molecular formula is C16H23FN4. The molecule has 0 spiro atoms. The van der Waals surface area contributed by atoms with Crippen LogP contribution in [0.25, 0.3) is 0 Å². The zero-order chi connectivity index (χ0) is 15.2. The van der Waals surface area contributed by atoms with Gasteiger partial charge in [-0.05, 0) is 38.6 Å². The van der Waals surface area contributed by atoms with E-state index in [1.807, 2.05) is 6.07 Å². The number of hydrogen-bond donors (Lipinski definition) is 1. The fraction of sp³-hybridized carbons (Fsp3) is 0.562. The second kappa shape index (κ2) is 7.39. The molecule has 1 atom stereocenters. The third-order valence-corrected chi connectivity index (χ3v) is 3.98. The molecule has 114 valence electrons. The van der Waals surface area contributed by atoms with Gasteiger partial charge in [-0.3, -0.25) is 0 Å². The van der Waals surface area contributed by atoms with Gasteiger partial charge in [0.25, 0.3) is 0 Å². The van der Waals surface area contributed by atoms with Crippen molar-refractivity contribution < 1.29 is 4.39 Å². The minimum atomic E-state index is -0.373. The summed E-state index contributed by atoms with van der Waals surface area (Å²) in [5, 5.41) is 12.4. The van der Waals surface area contributed by atoms with E-state index in [1.54, 1.807) is 6.07 Å². The van der Waals surface area contributed by atoms with Crippen LogP contribution in [0.4, 0.5) is 10.1 Å². The lowest BCUT2D eigenvalue weighted by molar-refractivity contribution is 0.151. The summed E-state index contributed by atoms with van der Waals surface area (Å²) in [6.45, 7) is 7.62. The zero-order valence-electron chi connectivity index (χ0n) is 12.8. The Balaban J connectivity index is 1.82. The molecule has 1 aromatic carbocycles. The lowest BCUT2D eigenvalue weighted by Crippen LogP contribution is -2.45. The fourth-order valence-electron chi connectivity index (χ4n) is 2.52. The van der Waals surface area contributed by atoms with E-state index < -0.39 is 0 Å². The van der Waals surface area contributed by atoms with Crippen LogP contribution in [0, 0.1) is 17.1 Å². The topological polar surface area (TPSA) is 42.3 Å². The summed E-state index contributed by atoms with van der Waals surface area (Å²) in [6.07, 6.45) is 1.01. The lowest BCUT2D eigenvalue weighted by Gasteiger charge is -2.33. The Bertz CT molecular complexity index is 503. The van der Waals surface area contributed by atoms with Crippen molar-refractivity contribution in [3.05, 3.63) is 29.6 Å². The van der Waals surface area contributed by atoms with Crippen molar-refractivity contribution in [2.45, 2.75) is 19.4 Å². The predicted molar refractivity (Wildman–Crippen MR) is 82.8 cm³/mol. The van der Waals surface area contributed by atoms with Gasteiger partial charge in [0, 0.05) is 38.8 Å². The van der Waals surface area contributed by atoms with E-state index in [-0.39, 0.29) is 11.9 Å². The molecule has 1 fully saturated rings. The van der Waals surface area contributed by atoms with E-state index in [1.165, 1.54) is 12.1 Å². The molecule has 1 aliphatic heterocycles. The summed E-state index contributed by atoms with van der Waals surface area (Å²) in [5.74, 6) is -0.373. The molecule has 4 nitrogen and oxygen atoms in total. The normalized spacial score (nSPS) is 18.2. The Kier molecular flexibility index (Phi) is 5.54. The molecule has 0 aromatic heterocycles. The minimum Gasteiger partial charge on any atom is -0.381 e. The Hall–Kier alpha value is -1.64. The highest BCUT2D eigenvalue weighted by Crippen LogP contribution is 2.17. The molecule has 1 heterocycles. The summed E-state index contributed by atoms with van der Waals surface area (Å²) < 4.78 is 13.1. The van der Waals surface area contributed by atoms with E-state index in [9.17, 15) is 4.39 Å². The molecule has 0 bridgehead atoms. The molecule has 1 saturated heterocycles. The summed E-state index contributed by atoms with van der Waals surface area (Å²) in [4.78, 5) is 4.81. The molecule has 0 amide bonds. The van der Waals surface area contributed by atoms with Crippen molar-refractivity contribution in [1.82, 2.24) is 9.80 Å². The quantitative estimate of drug-likeness (QED) is 0.902. The maximum absolute atomic E-state index is 13.1. The zero-order valence-corrected chi connectivity index (χ0v) is 12.8. The molecule has 21 heavy (non-hydrogen) atoms. The van der Waals surface area contributed by atoms with Gasteiger partial charge in [-0.2, -0.15) is 5.26 Å². The Labute approximate surface area is 126 Å². The Morgan fingerprint density at radius 3 is 2.71 bits per heavy atom. The summed E-state index contributed by atoms with van der Waals surface area (Å²) >= 11 is 0. The van der Waals surface area contributed by atoms with Crippen LogP contribution in [-0.2, 0) is 0 Å². The van der Waals surface area contributed by atoms with E-state index in [4.69, 9.17) is 5.26 Å². The SMILES string of the molecule is CC(CCN1CCN(C)CC1)Nc1ccc(F)cc1C#N. The maximum Gasteiger partial charge on any atom is 0.124 e. The predicted octanol–water partition coefficient (Wildman–Crippen LogP) is 2.14. The molecule has 2 rings (SSSR count). The molecular weight excluding hydrogens is 267 g/mol. The van der Waals surface area contributed by atoms with Gasteiger partial charge < -0.3 is 15.1 Å². The van der Waals surface area contributed by atoms with Crippen molar-refractivity contribution in [3.8, 4) is 6.07 Å². The number of nitriles is 1. The molecule has 1 aliphatic rings. The summed E-state index contributed by atoms with van der Waals surface area (Å²) in [5.41, 5.74) is 1.08. The number of piperazine rings is 1. The van der Waals surface area contributed by atoms with E-state index in [0.29, 0.717) is 11.3 Å². The maximum atomic E-state index is 13.1. The number of likely N-dealkylation sites (N-methyl/N-ethyl adjacent to an activating group) is 1. The number of halogens is 1. The second-order valence-corrected chi connectivity index (χ2v) is 5.78. The van der Waals surface area contributed by atoms with E-state index >= 15 is 0 Å². The number of nitrogens with one attached hydrogen (secondary N) is 1. The van der Waals surface area contributed by atoms with E-state index in [0.717, 1.165) is 39.1 Å². The number of anilines is 1.